The predicted molar refractivity (Wildman–Crippen MR) is 102 cm³/mol. The van der Waals surface area contributed by atoms with Gasteiger partial charge in [0.25, 0.3) is 5.69 Å². The lowest BCUT2D eigenvalue weighted by Crippen LogP contribution is -2.20. The Morgan fingerprint density at radius 1 is 1.22 bits per heavy atom. The number of non-ortho nitro benzene ring substituents is 1. The topological polar surface area (TPSA) is 85.3 Å². The number of aromatic nitrogens is 2. The van der Waals surface area contributed by atoms with Crippen LogP contribution in [-0.4, -0.2) is 33.6 Å². The van der Waals surface area contributed by atoms with E-state index in [1.807, 2.05) is 37.4 Å². The normalized spacial score (nSPS) is 11.1. The van der Waals surface area contributed by atoms with Gasteiger partial charge in [-0.3, -0.25) is 10.1 Å². The Morgan fingerprint density at radius 2 is 2.00 bits per heavy atom. The minimum absolute atomic E-state index is 0.0436. The molecule has 0 aliphatic rings. The Bertz CT molecular complexity index is 914. The van der Waals surface area contributed by atoms with Gasteiger partial charge in [0.05, 0.1) is 4.92 Å². The van der Waals surface area contributed by atoms with Crippen molar-refractivity contribution in [3.63, 3.8) is 0 Å². The molecule has 0 saturated heterocycles. The summed E-state index contributed by atoms with van der Waals surface area (Å²) in [6, 6.07) is 14.2. The fourth-order valence-corrected chi connectivity index (χ4v) is 2.90. The monoisotopic (exact) mass is 386 g/mol. The molecule has 0 amide bonds. The van der Waals surface area contributed by atoms with Crippen LogP contribution < -0.4 is 0 Å². The zero-order valence-electron chi connectivity index (χ0n) is 14.8. The summed E-state index contributed by atoms with van der Waals surface area (Å²) in [5.74, 6) is 1.18. The lowest BCUT2D eigenvalue weighted by molar-refractivity contribution is -0.384. The summed E-state index contributed by atoms with van der Waals surface area (Å²) in [6.07, 6.45) is 1.48. The number of rotatable bonds is 8. The Balaban J connectivity index is 1.52. The Kier molecular flexibility index (Phi) is 6.16. The summed E-state index contributed by atoms with van der Waals surface area (Å²) < 4.78 is 5.30. The van der Waals surface area contributed by atoms with Gasteiger partial charge in [-0.1, -0.05) is 47.1 Å². The summed E-state index contributed by atoms with van der Waals surface area (Å²) in [5, 5.41) is 15.4. The molecule has 2 aromatic carbocycles. The summed E-state index contributed by atoms with van der Waals surface area (Å²) >= 11 is 6.15. The number of hydrogen-bond acceptors (Lipinski definition) is 6. The smallest absolute Gasteiger partial charge is 0.269 e. The van der Waals surface area contributed by atoms with Crippen LogP contribution in [0.15, 0.2) is 53.1 Å². The summed E-state index contributed by atoms with van der Waals surface area (Å²) in [5.41, 5.74) is 1.70. The molecule has 0 saturated carbocycles. The van der Waals surface area contributed by atoms with E-state index in [1.165, 1.54) is 12.1 Å². The van der Waals surface area contributed by atoms with Crippen LogP contribution in [0.1, 0.15) is 17.9 Å². The highest BCUT2D eigenvalue weighted by Gasteiger charge is 2.12. The number of halogens is 1. The molecule has 0 aliphatic heterocycles. The molecule has 3 rings (SSSR count). The molecular weight excluding hydrogens is 368 g/mol. The van der Waals surface area contributed by atoms with Crippen molar-refractivity contribution in [2.45, 2.75) is 19.4 Å². The van der Waals surface area contributed by atoms with Crippen LogP contribution in [-0.2, 0) is 13.0 Å². The van der Waals surface area contributed by atoms with Gasteiger partial charge in [-0.25, -0.2) is 0 Å². The van der Waals surface area contributed by atoms with Crippen molar-refractivity contribution in [1.29, 1.82) is 0 Å². The van der Waals surface area contributed by atoms with Crippen LogP contribution in [0.5, 0.6) is 0 Å². The van der Waals surface area contributed by atoms with Gasteiger partial charge in [-0.2, -0.15) is 4.98 Å². The first kappa shape index (κ1) is 19.0. The molecule has 0 bridgehead atoms. The minimum Gasteiger partial charge on any atom is -0.339 e. The summed E-state index contributed by atoms with van der Waals surface area (Å²) in [6.45, 7) is 1.29. The van der Waals surface area contributed by atoms with E-state index in [9.17, 15) is 10.1 Å². The van der Waals surface area contributed by atoms with Crippen LogP contribution in [0.4, 0.5) is 5.69 Å². The Hall–Kier alpha value is -2.77. The van der Waals surface area contributed by atoms with E-state index in [-0.39, 0.29) is 5.69 Å². The molecule has 0 aliphatic carbocycles. The third kappa shape index (κ3) is 5.12. The zero-order valence-corrected chi connectivity index (χ0v) is 15.6. The second-order valence-corrected chi connectivity index (χ2v) is 6.66. The van der Waals surface area contributed by atoms with Crippen LogP contribution in [0, 0.1) is 10.1 Å². The number of benzene rings is 2. The number of nitro benzene ring substituents is 1. The van der Waals surface area contributed by atoms with Gasteiger partial charge in [0, 0.05) is 35.7 Å². The van der Waals surface area contributed by atoms with Crippen molar-refractivity contribution in [2.24, 2.45) is 0 Å². The minimum atomic E-state index is -0.417. The maximum Gasteiger partial charge on any atom is 0.269 e. The Morgan fingerprint density at radius 3 is 2.74 bits per heavy atom. The molecule has 0 spiro atoms. The van der Waals surface area contributed by atoms with Crippen molar-refractivity contribution in [3.05, 3.63) is 75.1 Å². The van der Waals surface area contributed by atoms with Crippen molar-refractivity contribution < 1.29 is 9.45 Å². The first-order valence-corrected chi connectivity index (χ1v) is 8.90. The number of nitro groups is 1. The Labute approximate surface area is 161 Å². The maximum atomic E-state index is 10.9. The largest absolute Gasteiger partial charge is 0.339 e. The first-order valence-electron chi connectivity index (χ1n) is 8.52. The maximum absolute atomic E-state index is 10.9. The van der Waals surface area contributed by atoms with Crippen molar-refractivity contribution in [3.8, 4) is 11.4 Å². The molecule has 8 heteroatoms. The molecule has 3 aromatic rings. The van der Waals surface area contributed by atoms with Crippen LogP contribution in [0.25, 0.3) is 11.4 Å². The predicted octanol–water partition coefficient (Wildman–Crippen LogP) is 4.36. The van der Waals surface area contributed by atoms with E-state index in [0.29, 0.717) is 29.7 Å². The standard InChI is InChI=1S/C19H19ClN4O3/c1-23(13-15-12-16(24(25)26)9-10-17(15)20)11-5-8-18-21-19(22-27-18)14-6-3-2-4-7-14/h2-4,6-7,9-10,12H,5,8,11,13H2,1H3. The van der Waals surface area contributed by atoms with E-state index < -0.39 is 4.92 Å². The average Bonchev–Trinajstić information content (AvgIpc) is 3.13. The molecule has 140 valence electrons. The van der Waals surface area contributed by atoms with Crippen LogP contribution in [0.2, 0.25) is 5.02 Å². The van der Waals surface area contributed by atoms with Crippen molar-refractivity contribution in [1.82, 2.24) is 15.0 Å². The molecular formula is C19H19ClN4O3. The molecule has 1 aromatic heterocycles. The SMILES string of the molecule is CN(CCCc1nc(-c2ccccc2)no1)Cc1cc([N+](=O)[O-])ccc1Cl. The number of nitrogens with zero attached hydrogens (tertiary/aromatic N) is 4. The molecule has 7 nitrogen and oxygen atoms in total. The van der Waals surface area contributed by atoms with Gasteiger partial charge >= 0.3 is 0 Å². The van der Waals surface area contributed by atoms with Crippen LogP contribution in [0.3, 0.4) is 0 Å². The second-order valence-electron chi connectivity index (χ2n) is 6.25. The molecule has 27 heavy (non-hydrogen) atoms. The van der Waals surface area contributed by atoms with Crippen molar-refractivity contribution >= 4 is 17.3 Å². The van der Waals surface area contributed by atoms with Gasteiger partial charge in [-0.15, -0.1) is 0 Å². The number of aryl methyl sites for hydroxylation is 1. The van der Waals surface area contributed by atoms with E-state index in [1.54, 1.807) is 6.07 Å². The van der Waals surface area contributed by atoms with Gasteiger partial charge < -0.3 is 9.42 Å². The lowest BCUT2D eigenvalue weighted by atomic mass is 10.2. The molecule has 0 radical (unpaired) electrons. The van der Waals surface area contributed by atoms with E-state index in [0.717, 1.165) is 24.1 Å². The van der Waals surface area contributed by atoms with Gasteiger partial charge in [0.15, 0.2) is 0 Å². The van der Waals surface area contributed by atoms with Gasteiger partial charge in [-0.05, 0) is 31.6 Å². The fourth-order valence-electron chi connectivity index (χ4n) is 2.73. The molecule has 0 atom stereocenters. The lowest BCUT2D eigenvalue weighted by Gasteiger charge is -2.16. The quantitative estimate of drug-likeness (QED) is 0.422. The van der Waals surface area contributed by atoms with Gasteiger partial charge in [0.2, 0.25) is 11.7 Å². The highest BCUT2D eigenvalue weighted by Crippen LogP contribution is 2.23. The molecule has 0 fully saturated rings. The second kappa shape index (κ2) is 8.75. The first-order chi connectivity index (χ1) is 13.0. The summed E-state index contributed by atoms with van der Waals surface area (Å²) in [4.78, 5) is 17.0. The van der Waals surface area contributed by atoms with E-state index in [2.05, 4.69) is 15.0 Å². The van der Waals surface area contributed by atoms with E-state index >= 15 is 0 Å². The van der Waals surface area contributed by atoms with Crippen molar-refractivity contribution in [2.75, 3.05) is 13.6 Å². The third-order valence-electron chi connectivity index (χ3n) is 4.11. The molecule has 0 unspecified atom stereocenters. The molecule has 1 heterocycles. The van der Waals surface area contributed by atoms with Gasteiger partial charge in [0.1, 0.15) is 0 Å². The average molecular weight is 387 g/mol. The highest BCUT2D eigenvalue weighted by atomic mass is 35.5. The fraction of sp³-hybridized carbons (Fsp3) is 0.263. The highest BCUT2D eigenvalue weighted by molar-refractivity contribution is 6.31. The molecule has 0 N–H and O–H groups in total. The summed E-state index contributed by atoms with van der Waals surface area (Å²) in [7, 11) is 1.94. The van der Waals surface area contributed by atoms with Crippen LogP contribution >= 0.6 is 11.6 Å². The van der Waals surface area contributed by atoms with E-state index in [4.69, 9.17) is 16.1 Å². The zero-order chi connectivity index (χ0) is 19.2. The third-order valence-corrected chi connectivity index (χ3v) is 4.48. The number of hydrogen-bond donors (Lipinski definition) is 0.